The molecule has 2 atom stereocenters. The zero-order valence-corrected chi connectivity index (χ0v) is 19.3. The second-order valence-corrected chi connectivity index (χ2v) is 8.77. The molecule has 1 aliphatic rings. The van der Waals surface area contributed by atoms with E-state index >= 15 is 4.39 Å². The lowest BCUT2D eigenvalue weighted by Gasteiger charge is -2.22. The molecular formula is C22H18ClF2N9O. The van der Waals surface area contributed by atoms with Crippen LogP contribution in [0, 0.1) is 11.7 Å². The van der Waals surface area contributed by atoms with E-state index in [1.807, 2.05) is 0 Å². The van der Waals surface area contributed by atoms with Gasteiger partial charge in [-0.1, -0.05) is 11.6 Å². The highest BCUT2D eigenvalue weighted by Crippen LogP contribution is 2.43. The molecule has 10 nitrogen and oxygen atoms in total. The van der Waals surface area contributed by atoms with E-state index in [4.69, 9.17) is 11.6 Å². The molecule has 35 heavy (non-hydrogen) atoms. The zero-order chi connectivity index (χ0) is 24.4. The van der Waals surface area contributed by atoms with Crippen molar-refractivity contribution in [2.45, 2.75) is 12.6 Å². The molecule has 5 aromatic rings. The number of aryl methyl sites for hydroxylation is 1. The molecule has 1 aromatic carbocycles. The minimum Gasteiger partial charge on any atom is -0.325 e. The molecule has 13 heteroatoms. The molecule has 178 valence electrons. The summed E-state index contributed by atoms with van der Waals surface area (Å²) in [7, 11) is 3.47. The molecule has 1 saturated carbocycles. The number of nitrogens with zero attached hydrogens (tertiary/aromatic N) is 7. The maximum absolute atomic E-state index is 15.7. The summed E-state index contributed by atoms with van der Waals surface area (Å²) in [5, 5.41) is 14.2. The first kappa shape index (κ1) is 21.5. The summed E-state index contributed by atoms with van der Waals surface area (Å²) < 4.78 is 32.1. The number of rotatable bonds is 5. The van der Waals surface area contributed by atoms with Crippen molar-refractivity contribution < 1.29 is 13.6 Å². The number of imidazole rings is 1. The fourth-order valence-electron chi connectivity index (χ4n) is 4.22. The predicted molar refractivity (Wildman–Crippen MR) is 126 cm³/mol. The van der Waals surface area contributed by atoms with Gasteiger partial charge in [-0.25, -0.2) is 13.8 Å². The summed E-state index contributed by atoms with van der Waals surface area (Å²) in [5.41, 5.74) is 1.84. The number of hydrogen-bond acceptors (Lipinski definition) is 6. The number of carbonyl (C=O) groups excluding carboxylic acids is 1. The third kappa shape index (κ3) is 3.40. The maximum atomic E-state index is 15.7. The van der Waals surface area contributed by atoms with Gasteiger partial charge in [0.25, 0.3) is 0 Å². The van der Waals surface area contributed by atoms with Gasteiger partial charge in [-0.2, -0.15) is 10.2 Å². The van der Waals surface area contributed by atoms with Crippen molar-refractivity contribution in [3.05, 3.63) is 47.9 Å². The highest BCUT2D eigenvalue weighted by Gasteiger charge is 2.43. The quantitative estimate of drug-likeness (QED) is 0.381. The van der Waals surface area contributed by atoms with E-state index in [0.29, 0.717) is 33.6 Å². The van der Waals surface area contributed by atoms with E-state index in [1.54, 1.807) is 58.9 Å². The molecule has 4 heterocycles. The minimum absolute atomic E-state index is 0.119. The monoisotopic (exact) mass is 497 g/mol. The Morgan fingerprint density at radius 1 is 1.34 bits per heavy atom. The van der Waals surface area contributed by atoms with Gasteiger partial charge in [-0.3, -0.25) is 19.6 Å². The van der Waals surface area contributed by atoms with E-state index in [0.717, 1.165) is 0 Å². The molecule has 2 N–H and O–H groups in total. The number of aromatic nitrogens is 7. The number of benzene rings is 1. The third-order valence-corrected chi connectivity index (χ3v) is 6.49. The molecule has 0 bridgehead atoms. The van der Waals surface area contributed by atoms with Crippen molar-refractivity contribution in [2.24, 2.45) is 13.0 Å². The Morgan fingerprint density at radius 3 is 2.86 bits per heavy atom. The molecule has 0 spiro atoms. The smallest absolute Gasteiger partial charge is 0.231 e. The Labute approximate surface area is 201 Å². The number of halogens is 3. The molecule has 0 radical (unpaired) electrons. The maximum Gasteiger partial charge on any atom is 0.231 e. The van der Waals surface area contributed by atoms with Crippen LogP contribution >= 0.6 is 11.6 Å². The lowest BCUT2D eigenvalue weighted by atomic mass is 10.0. The fraction of sp³-hybridized carbons (Fsp3) is 0.227. The van der Waals surface area contributed by atoms with E-state index in [9.17, 15) is 9.18 Å². The molecule has 0 saturated heterocycles. The van der Waals surface area contributed by atoms with Gasteiger partial charge in [0.05, 0.1) is 46.9 Å². The largest absolute Gasteiger partial charge is 0.325 e. The van der Waals surface area contributed by atoms with E-state index in [-0.39, 0.29) is 22.9 Å². The first-order valence-corrected chi connectivity index (χ1v) is 11.1. The highest BCUT2D eigenvalue weighted by molar-refractivity contribution is 6.36. The number of alkyl halides is 1. The average molecular weight is 498 g/mol. The van der Waals surface area contributed by atoms with Crippen molar-refractivity contribution in [3.63, 3.8) is 0 Å². The number of fused-ring (bicyclic) bond motifs is 2. The van der Waals surface area contributed by atoms with Crippen molar-refractivity contribution >= 4 is 51.4 Å². The van der Waals surface area contributed by atoms with Crippen LogP contribution in [0.2, 0.25) is 5.02 Å². The number of anilines is 3. The Kier molecular flexibility index (Phi) is 4.74. The van der Waals surface area contributed by atoms with Gasteiger partial charge in [-0.05, 0) is 6.42 Å². The summed E-state index contributed by atoms with van der Waals surface area (Å²) >= 11 is 6.57. The SMILES string of the molecule is CN(c1c(F)c(Cl)c(-c2cn3cc(NC(=O)[C@@H]4C[C@@H]4F)nc3cn2)c2cn[nH]c12)c1ccnn1C. The number of carbonyl (C=O) groups is 1. The van der Waals surface area contributed by atoms with Gasteiger partial charge in [0.2, 0.25) is 5.91 Å². The Balaban J connectivity index is 1.43. The standard InChI is InChI=1S/C22H18ClF2N9O/c1-32(16-3-4-28-33(16)2)21-19(25)18(23)17(11-6-27-31-20(11)21)13-8-34-9-14(29-15(34)7-26-13)30-22(35)10-5-12(10)24/h3-4,6-10,12H,5H2,1-2H3,(H,27,31)(H,30,35)/t10-,12+/m1/s1. The van der Waals surface area contributed by atoms with Crippen molar-refractivity contribution in [2.75, 3.05) is 17.3 Å². The normalized spacial score (nSPS) is 17.3. The van der Waals surface area contributed by atoms with Gasteiger partial charge in [-0.15, -0.1) is 0 Å². The van der Waals surface area contributed by atoms with Crippen LogP contribution in [0.25, 0.3) is 27.8 Å². The minimum atomic E-state index is -1.10. The molecule has 1 fully saturated rings. The van der Waals surface area contributed by atoms with E-state index < -0.39 is 23.8 Å². The summed E-state index contributed by atoms with van der Waals surface area (Å²) in [6.07, 6.45) is 6.99. The molecule has 4 aromatic heterocycles. The molecule has 1 amide bonds. The molecular weight excluding hydrogens is 480 g/mol. The summed E-state index contributed by atoms with van der Waals surface area (Å²) in [5.74, 6) is -0.763. The van der Waals surface area contributed by atoms with Gasteiger partial charge in [0, 0.05) is 37.3 Å². The van der Waals surface area contributed by atoms with E-state index in [2.05, 4.69) is 30.6 Å². The number of nitrogens with one attached hydrogen (secondary N) is 2. The van der Waals surface area contributed by atoms with Crippen LogP contribution in [-0.4, -0.2) is 53.5 Å². The van der Waals surface area contributed by atoms with Crippen LogP contribution in [0.4, 0.5) is 26.1 Å². The van der Waals surface area contributed by atoms with Gasteiger partial charge in [0.15, 0.2) is 17.3 Å². The summed E-state index contributed by atoms with van der Waals surface area (Å²) in [6, 6.07) is 1.76. The topological polar surface area (TPSA) is 109 Å². The zero-order valence-electron chi connectivity index (χ0n) is 18.5. The van der Waals surface area contributed by atoms with Crippen LogP contribution in [0.15, 0.2) is 37.1 Å². The first-order chi connectivity index (χ1) is 16.8. The predicted octanol–water partition coefficient (Wildman–Crippen LogP) is 3.86. The number of aromatic amines is 1. The molecule has 0 unspecified atom stereocenters. The van der Waals surface area contributed by atoms with Crippen molar-refractivity contribution in [3.8, 4) is 11.3 Å². The van der Waals surface area contributed by atoms with Gasteiger partial charge in [0.1, 0.15) is 17.7 Å². The lowest BCUT2D eigenvalue weighted by molar-refractivity contribution is -0.117. The second kappa shape index (κ2) is 7.73. The van der Waals surface area contributed by atoms with Crippen molar-refractivity contribution in [1.82, 2.24) is 34.3 Å². The van der Waals surface area contributed by atoms with Crippen LogP contribution in [-0.2, 0) is 11.8 Å². The average Bonchev–Trinajstić information content (AvgIpc) is 3.18. The number of amides is 1. The Hall–Kier alpha value is -4.06. The molecule has 0 aliphatic heterocycles. The summed E-state index contributed by atoms with van der Waals surface area (Å²) in [6.45, 7) is 0. The molecule has 1 aliphatic carbocycles. The Bertz CT molecular complexity index is 1620. The van der Waals surface area contributed by atoms with Gasteiger partial charge >= 0.3 is 0 Å². The third-order valence-electron chi connectivity index (χ3n) is 6.14. The van der Waals surface area contributed by atoms with Crippen LogP contribution in [0.3, 0.4) is 0 Å². The van der Waals surface area contributed by atoms with Crippen LogP contribution in [0.5, 0.6) is 0 Å². The lowest BCUT2D eigenvalue weighted by Crippen LogP contribution is -2.16. The van der Waals surface area contributed by atoms with Crippen molar-refractivity contribution in [1.29, 1.82) is 0 Å². The van der Waals surface area contributed by atoms with Crippen LogP contribution < -0.4 is 10.2 Å². The summed E-state index contributed by atoms with van der Waals surface area (Å²) in [4.78, 5) is 22.4. The number of hydrogen-bond donors (Lipinski definition) is 2. The fourth-order valence-corrected chi connectivity index (χ4v) is 4.50. The first-order valence-electron chi connectivity index (χ1n) is 10.7. The van der Waals surface area contributed by atoms with Gasteiger partial charge < -0.3 is 14.6 Å². The number of H-pyrrole nitrogens is 1. The molecule has 6 rings (SSSR count). The second-order valence-electron chi connectivity index (χ2n) is 8.39. The Morgan fingerprint density at radius 2 is 2.14 bits per heavy atom. The highest BCUT2D eigenvalue weighted by atomic mass is 35.5. The van der Waals surface area contributed by atoms with Crippen LogP contribution in [0.1, 0.15) is 6.42 Å². The van der Waals surface area contributed by atoms with E-state index in [1.165, 1.54) is 6.20 Å².